The Bertz CT molecular complexity index is 1320. The van der Waals surface area contributed by atoms with E-state index in [1.807, 2.05) is 27.2 Å². The van der Waals surface area contributed by atoms with Crippen LogP contribution >= 0.6 is 7.82 Å². The predicted octanol–water partition coefficient (Wildman–Crippen LogP) is 19.9. The van der Waals surface area contributed by atoms with Crippen LogP contribution in [0.25, 0.3) is 0 Å². The lowest BCUT2D eigenvalue weighted by molar-refractivity contribution is -0.870. The summed E-state index contributed by atoms with van der Waals surface area (Å²) in [6, 6.07) is -0.909. The van der Waals surface area contributed by atoms with Crippen LogP contribution in [-0.2, 0) is 18.4 Å². The van der Waals surface area contributed by atoms with Crippen molar-refractivity contribution in [2.24, 2.45) is 0 Å². The van der Waals surface area contributed by atoms with Gasteiger partial charge in [0.05, 0.1) is 39.9 Å². The number of nitrogens with one attached hydrogen (secondary N) is 1. The first kappa shape index (κ1) is 73.7. The number of phosphoric ester groups is 1. The molecule has 3 atom stereocenters. The van der Waals surface area contributed by atoms with Crippen molar-refractivity contribution in [3.05, 3.63) is 36.5 Å². The van der Waals surface area contributed by atoms with Crippen LogP contribution in [0.2, 0.25) is 0 Å². The van der Waals surface area contributed by atoms with E-state index in [4.69, 9.17) is 9.05 Å². The van der Waals surface area contributed by atoms with Crippen LogP contribution in [0.3, 0.4) is 0 Å². The normalized spacial score (nSPS) is 14.0. The Labute approximate surface area is 467 Å². The Morgan fingerprint density at radius 3 is 1.08 bits per heavy atom. The van der Waals surface area contributed by atoms with E-state index >= 15 is 0 Å². The highest BCUT2D eigenvalue weighted by Gasteiger charge is 2.23. The van der Waals surface area contributed by atoms with Crippen LogP contribution < -0.4 is 10.2 Å². The number of amides is 1. The quantitative estimate of drug-likeness (QED) is 0.0272. The molecule has 2 N–H and O–H groups in total. The van der Waals surface area contributed by atoms with Crippen molar-refractivity contribution in [1.29, 1.82) is 0 Å². The molecule has 0 aromatic rings. The summed E-state index contributed by atoms with van der Waals surface area (Å²) >= 11 is 0. The minimum atomic E-state index is -4.61. The summed E-state index contributed by atoms with van der Waals surface area (Å²) in [5.41, 5.74) is 0. The van der Waals surface area contributed by atoms with Gasteiger partial charge in [0.2, 0.25) is 5.91 Å². The first-order chi connectivity index (χ1) is 36.5. The van der Waals surface area contributed by atoms with Gasteiger partial charge in [-0.25, -0.2) is 0 Å². The van der Waals surface area contributed by atoms with Crippen molar-refractivity contribution >= 4 is 13.7 Å². The SMILES string of the molecule is CCCCCCCCCCCCCCCCCCCCCCC/C=C/CC/C=C/CC/C=C/C(O)C(COP(=O)([O-])OCC[N+](C)(C)C)NC(=O)CCCCCCCCCCCCCCCCCCCCCCCC. The summed E-state index contributed by atoms with van der Waals surface area (Å²) in [6.07, 6.45) is 75.5. The van der Waals surface area contributed by atoms with Gasteiger partial charge in [-0.15, -0.1) is 0 Å². The molecule has 444 valence electrons. The Morgan fingerprint density at radius 1 is 0.453 bits per heavy atom. The number of rotatable bonds is 61. The van der Waals surface area contributed by atoms with E-state index in [2.05, 4.69) is 43.5 Å². The molecule has 0 radical (unpaired) electrons. The lowest BCUT2D eigenvalue weighted by Crippen LogP contribution is -2.45. The molecule has 0 aliphatic heterocycles. The molecule has 0 aromatic carbocycles. The Balaban J connectivity index is 4.15. The molecule has 0 saturated heterocycles. The molecule has 0 saturated carbocycles. The number of aliphatic hydroxyl groups excluding tert-OH is 1. The Kier molecular flexibility index (Phi) is 56.4. The zero-order chi connectivity index (χ0) is 54.9. The highest BCUT2D eigenvalue weighted by molar-refractivity contribution is 7.45. The number of allylic oxidation sites excluding steroid dienone is 5. The van der Waals surface area contributed by atoms with Gasteiger partial charge in [-0.3, -0.25) is 9.36 Å². The number of carbonyl (C=O) groups is 1. The zero-order valence-electron chi connectivity index (χ0n) is 50.8. The van der Waals surface area contributed by atoms with E-state index in [1.165, 1.54) is 263 Å². The van der Waals surface area contributed by atoms with E-state index in [0.717, 1.165) is 44.9 Å². The smallest absolute Gasteiger partial charge is 0.268 e. The molecule has 0 spiro atoms. The van der Waals surface area contributed by atoms with Crippen LogP contribution in [0.1, 0.15) is 328 Å². The summed E-state index contributed by atoms with van der Waals surface area (Å²) in [7, 11) is 1.25. The molecule has 1 amide bonds. The van der Waals surface area contributed by atoms with E-state index in [0.29, 0.717) is 17.4 Å². The third kappa shape index (κ3) is 60.2. The zero-order valence-corrected chi connectivity index (χ0v) is 51.7. The number of unbranched alkanes of at least 4 members (excludes halogenated alkanes) is 44. The second-order valence-electron chi connectivity index (χ2n) is 23.8. The molecular weight excluding hydrogens is 948 g/mol. The van der Waals surface area contributed by atoms with Crippen molar-refractivity contribution in [3.8, 4) is 0 Å². The van der Waals surface area contributed by atoms with Gasteiger partial charge in [-0.1, -0.05) is 314 Å². The van der Waals surface area contributed by atoms with Crippen molar-refractivity contribution in [2.45, 2.75) is 341 Å². The minimum absolute atomic E-state index is 0.00718. The second kappa shape index (κ2) is 57.4. The molecule has 0 aliphatic carbocycles. The molecule has 3 unspecified atom stereocenters. The lowest BCUT2D eigenvalue weighted by Gasteiger charge is -2.29. The molecule has 0 aromatic heterocycles. The molecule has 0 fully saturated rings. The minimum Gasteiger partial charge on any atom is -0.756 e. The maximum atomic E-state index is 13.0. The van der Waals surface area contributed by atoms with Crippen molar-refractivity contribution in [3.63, 3.8) is 0 Å². The average molecular weight is 1080 g/mol. The number of phosphoric acid groups is 1. The van der Waals surface area contributed by atoms with E-state index in [9.17, 15) is 19.4 Å². The number of hydrogen-bond acceptors (Lipinski definition) is 6. The first-order valence-corrected chi connectivity index (χ1v) is 34.3. The molecule has 0 aliphatic rings. The molecular formula is C66H129N2O6P. The van der Waals surface area contributed by atoms with Crippen LogP contribution in [0, 0.1) is 0 Å². The van der Waals surface area contributed by atoms with Crippen LogP contribution in [-0.4, -0.2) is 68.5 Å². The van der Waals surface area contributed by atoms with Gasteiger partial charge in [0.25, 0.3) is 7.82 Å². The fourth-order valence-corrected chi connectivity index (χ4v) is 10.7. The van der Waals surface area contributed by atoms with Gasteiger partial charge < -0.3 is 28.8 Å². The molecule has 8 nitrogen and oxygen atoms in total. The van der Waals surface area contributed by atoms with Gasteiger partial charge in [0.15, 0.2) is 0 Å². The van der Waals surface area contributed by atoms with Crippen LogP contribution in [0.4, 0.5) is 0 Å². The molecule has 0 heterocycles. The van der Waals surface area contributed by atoms with Gasteiger partial charge in [0, 0.05) is 6.42 Å². The van der Waals surface area contributed by atoms with E-state index < -0.39 is 26.6 Å². The number of nitrogens with zero attached hydrogens (tertiary/aromatic N) is 1. The molecule has 9 heteroatoms. The van der Waals surface area contributed by atoms with Crippen LogP contribution in [0.5, 0.6) is 0 Å². The lowest BCUT2D eigenvalue weighted by atomic mass is 10.0. The van der Waals surface area contributed by atoms with E-state index in [-0.39, 0.29) is 12.5 Å². The third-order valence-corrected chi connectivity index (χ3v) is 16.0. The largest absolute Gasteiger partial charge is 0.756 e. The summed E-state index contributed by atoms with van der Waals surface area (Å²) in [5, 5.41) is 13.9. The standard InChI is InChI=1S/C66H129N2O6P/c1-6-8-10-12-14-16-18-20-22-24-26-28-30-31-32-33-34-35-36-37-38-39-41-43-45-47-49-51-53-55-57-59-65(69)64(63-74-75(71,72)73-62-61-68(3,4)5)67-66(70)60-58-56-54-52-50-48-46-44-42-40-29-27-25-23-21-19-17-15-13-11-9-7-2/h41,43,49,51,57,59,64-65,69H,6-40,42,44-48,50,52-56,58,60-63H2,1-5H3,(H-,67,70,71,72)/b43-41+,51-49+,59-57+. The summed E-state index contributed by atoms with van der Waals surface area (Å²) < 4.78 is 23.4. The number of quaternary nitrogens is 1. The third-order valence-electron chi connectivity index (χ3n) is 15.1. The van der Waals surface area contributed by atoms with E-state index in [1.54, 1.807) is 6.08 Å². The van der Waals surface area contributed by atoms with Gasteiger partial charge >= 0.3 is 0 Å². The number of aliphatic hydroxyl groups is 1. The highest BCUT2D eigenvalue weighted by atomic mass is 31.2. The maximum Gasteiger partial charge on any atom is 0.268 e. The first-order valence-electron chi connectivity index (χ1n) is 32.9. The molecule has 0 bridgehead atoms. The van der Waals surface area contributed by atoms with Gasteiger partial charge in [0.1, 0.15) is 13.2 Å². The van der Waals surface area contributed by atoms with Crippen LogP contribution in [0.15, 0.2) is 36.5 Å². The average Bonchev–Trinajstić information content (AvgIpc) is 3.37. The summed E-state index contributed by atoms with van der Waals surface area (Å²) in [5.74, 6) is -0.205. The number of hydrogen-bond donors (Lipinski definition) is 2. The van der Waals surface area contributed by atoms with Crippen molar-refractivity contribution < 1.29 is 32.9 Å². The topological polar surface area (TPSA) is 108 Å². The summed E-state index contributed by atoms with van der Waals surface area (Å²) in [4.78, 5) is 25.6. The van der Waals surface area contributed by atoms with Crippen molar-refractivity contribution in [1.82, 2.24) is 5.32 Å². The Hall–Kier alpha value is -1.28. The molecule has 0 rings (SSSR count). The monoisotopic (exact) mass is 1080 g/mol. The number of likely N-dealkylation sites (N-methyl/N-ethyl adjacent to an activating group) is 1. The number of carbonyl (C=O) groups excluding carboxylic acids is 1. The fourth-order valence-electron chi connectivity index (χ4n) is 9.95. The fraction of sp³-hybridized carbons (Fsp3) is 0.894. The predicted molar refractivity (Wildman–Crippen MR) is 325 cm³/mol. The highest BCUT2D eigenvalue weighted by Crippen LogP contribution is 2.38. The van der Waals surface area contributed by atoms with Crippen molar-refractivity contribution in [2.75, 3.05) is 40.9 Å². The Morgan fingerprint density at radius 2 is 0.747 bits per heavy atom. The molecule has 75 heavy (non-hydrogen) atoms. The van der Waals surface area contributed by atoms with Gasteiger partial charge in [-0.2, -0.15) is 0 Å². The van der Waals surface area contributed by atoms with Gasteiger partial charge in [-0.05, 0) is 44.9 Å². The maximum absolute atomic E-state index is 13.0. The second-order valence-corrected chi connectivity index (χ2v) is 25.2. The summed E-state index contributed by atoms with van der Waals surface area (Å²) in [6.45, 7) is 4.67.